The second kappa shape index (κ2) is 6.29. The summed E-state index contributed by atoms with van der Waals surface area (Å²) in [4.78, 5) is 0. The van der Waals surface area contributed by atoms with Gasteiger partial charge in [0.25, 0.3) is 0 Å². The van der Waals surface area contributed by atoms with E-state index in [1.165, 1.54) is 0 Å². The highest BCUT2D eigenvalue weighted by Gasteiger charge is 2.11. The van der Waals surface area contributed by atoms with Crippen LogP contribution in [0.3, 0.4) is 0 Å². The molecule has 3 rings (SSSR count). The highest BCUT2D eigenvalue weighted by Crippen LogP contribution is 2.29. The number of ether oxygens (including phenoxy) is 1. The summed E-state index contributed by atoms with van der Waals surface area (Å²) in [5, 5.41) is 19.6. The van der Waals surface area contributed by atoms with E-state index in [1.54, 1.807) is 18.2 Å². The van der Waals surface area contributed by atoms with Crippen molar-refractivity contribution in [3.63, 3.8) is 0 Å². The van der Waals surface area contributed by atoms with Gasteiger partial charge in [0.2, 0.25) is 0 Å². The first-order valence-electron chi connectivity index (χ1n) is 6.55. The number of nitrogens with zero attached hydrogens (tertiary/aromatic N) is 3. The van der Waals surface area contributed by atoms with Crippen molar-refractivity contribution in [2.45, 2.75) is 6.61 Å². The molecule has 0 spiro atoms. The maximum atomic E-state index is 9.03. The van der Waals surface area contributed by atoms with Crippen LogP contribution in [0.5, 0.6) is 5.75 Å². The topological polar surface area (TPSA) is 74.6 Å². The lowest BCUT2D eigenvalue weighted by molar-refractivity contribution is 0.306. The second-order valence-corrected chi connectivity index (χ2v) is 5.03. The number of hydrogen-bond donors (Lipinski definition) is 1. The zero-order valence-electron chi connectivity index (χ0n) is 11.5. The maximum absolute atomic E-state index is 9.03. The van der Waals surface area contributed by atoms with Gasteiger partial charge in [0, 0.05) is 10.6 Å². The first kappa shape index (κ1) is 14.1. The molecule has 0 unspecified atom stereocenters. The third-order valence-electron chi connectivity index (χ3n) is 3.05. The van der Waals surface area contributed by atoms with Crippen molar-refractivity contribution in [2.75, 3.05) is 0 Å². The monoisotopic (exact) mass is 310 g/mol. The SMILES string of the molecule is N#Cc1[nH]nnc1-c1cc(Cl)cc(OCc2ccccc2)c1. The Morgan fingerprint density at radius 3 is 2.77 bits per heavy atom. The van der Waals surface area contributed by atoms with Crippen LogP contribution in [0.2, 0.25) is 5.02 Å². The molecule has 0 radical (unpaired) electrons. The first-order chi connectivity index (χ1) is 10.8. The molecule has 0 aliphatic rings. The zero-order valence-corrected chi connectivity index (χ0v) is 12.2. The van der Waals surface area contributed by atoms with Crippen molar-refractivity contribution in [3.8, 4) is 23.1 Å². The molecule has 22 heavy (non-hydrogen) atoms. The van der Waals surface area contributed by atoms with Crippen LogP contribution in [0.25, 0.3) is 11.3 Å². The molecule has 0 saturated heterocycles. The Balaban J connectivity index is 1.86. The summed E-state index contributed by atoms with van der Waals surface area (Å²) in [7, 11) is 0. The summed E-state index contributed by atoms with van der Waals surface area (Å²) in [6.07, 6.45) is 0. The van der Waals surface area contributed by atoms with E-state index < -0.39 is 0 Å². The van der Waals surface area contributed by atoms with E-state index in [0.29, 0.717) is 28.6 Å². The summed E-state index contributed by atoms with van der Waals surface area (Å²) in [5.74, 6) is 0.609. The molecule has 0 aliphatic carbocycles. The average Bonchev–Trinajstić information content (AvgIpc) is 3.02. The van der Waals surface area contributed by atoms with Gasteiger partial charge in [0.05, 0.1) is 0 Å². The fourth-order valence-electron chi connectivity index (χ4n) is 2.03. The number of halogens is 1. The molecule has 3 aromatic rings. The average molecular weight is 311 g/mol. The molecule has 0 aliphatic heterocycles. The van der Waals surface area contributed by atoms with Crippen LogP contribution in [0.1, 0.15) is 11.3 Å². The molecule has 1 aromatic heterocycles. The molecule has 1 heterocycles. The van der Waals surface area contributed by atoms with E-state index in [1.807, 2.05) is 36.4 Å². The van der Waals surface area contributed by atoms with Crippen molar-refractivity contribution in [1.82, 2.24) is 15.4 Å². The van der Waals surface area contributed by atoms with E-state index in [-0.39, 0.29) is 5.69 Å². The predicted octanol–water partition coefficient (Wildman–Crippen LogP) is 3.58. The number of rotatable bonds is 4. The van der Waals surface area contributed by atoms with Crippen molar-refractivity contribution in [3.05, 3.63) is 64.8 Å². The van der Waals surface area contributed by atoms with Gasteiger partial charge in [-0.1, -0.05) is 47.1 Å². The summed E-state index contributed by atoms with van der Waals surface area (Å²) in [6.45, 7) is 0.435. The van der Waals surface area contributed by atoms with E-state index in [2.05, 4.69) is 15.4 Å². The van der Waals surface area contributed by atoms with E-state index in [0.717, 1.165) is 5.56 Å². The van der Waals surface area contributed by atoms with Gasteiger partial charge >= 0.3 is 0 Å². The smallest absolute Gasteiger partial charge is 0.163 e. The highest BCUT2D eigenvalue weighted by atomic mass is 35.5. The van der Waals surface area contributed by atoms with Crippen molar-refractivity contribution < 1.29 is 4.74 Å². The van der Waals surface area contributed by atoms with Crippen molar-refractivity contribution in [2.24, 2.45) is 0 Å². The minimum absolute atomic E-state index is 0.288. The number of nitriles is 1. The van der Waals surface area contributed by atoms with Gasteiger partial charge < -0.3 is 4.74 Å². The van der Waals surface area contributed by atoms with Gasteiger partial charge in [0.1, 0.15) is 24.1 Å². The molecule has 0 amide bonds. The van der Waals surface area contributed by atoms with Crippen molar-refractivity contribution >= 4 is 11.6 Å². The Morgan fingerprint density at radius 1 is 1.18 bits per heavy atom. The van der Waals surface area contributed by atoms with Gasteiger partial charge in [-0.3, -0.25) is 0 Å². The third kappa shape index (κ3) is 3.08. The lowest BCUT2D eigenvalue weighted by atomic mass is 10.1. The van der Waals surface area contributed by atoms with Crippen LogP contribution < -0.4 is 4.74 Å². The van der Waals surface area contributed by atoms with E-state index >= 15 is 0 Å². The summed E-state index contributed by atoms with van der Waals surface area (Å²) < 4.78 is 5.76. The fraction of sp³-hybridized carbons (Fsp3) is 0.0625. The molecule has 0 saturated carbocycles. The minimum atomic E-state index is 0.288. The van der Waals surface area contributed by atoms with Crippen molar-refractivity contribution in [1.29, 1.82) is 5.26 Å². The van der Waals surface area contributed by atoms with E-state index in [9.17, 15) is 0 Å². The second-order valence-electron chi connectivity index (χ2n) is 4.60. The number of aromatic amines is 1. The summed E-state index contributed by atoms with van der Waals surface area (Å²) in [5.41, 5.74) is 2.48. The molecule has 1 N–H and O–H groups in total. The Morgan fingerprint density at radius 2 is 2.00 bits per heavy atom. The molecule has 6 heteroatoms. The van der Waals surface area contributed by atoms with Gasteiger partial charge in [-0.2, -0.15) is 5.26 Å². The number of H-pyrrole nitrogens is 1. The molecule has 5 nitrogen and oxygen atoms in total. The van der Waals surface area contributed by atoms with Crippen LogP contribution >= 0.6 is 11.6 Å². The zero-order chi connectivity index (χ0) is 15.4. The number of benzene rings is 2. The third-order valence-corrected chi connectivity index (χ3v) is 3.27. The number of hydrogen-bond acceptors (Lipinski definition) is 4. The minimum Gasteiger partial charge on any atom is -0.489 e. The van der Waals surface area contributed by atoms with Gasteiger partial charge in [-0.15, -0.1) is 5.10 Å². The Bertz CT molecular complexity index is 824. The van der Waals surface area contributed by atoms with Gasteiger partial charge in [-0.05, 0) is 23.8 Å². The van der Waals surface area contributed by atoms with E-state index in [4.69, 9.17) is 21.6 Å². The molecule has 0 fully saturated rings. The molecular formula is C16H11ClN4O. The largest absolute Gasteiger partial charge is 0.489 e. The molecule has 2 aromatic carbocycles. The van der Waals surface area contributed by atoms with Crippen LogP contribution in [0.15, 0.2) is 48.5 Å². The van der Waals surface area contributed by atoms with Crippen LogP contribution in [0, 0.1) is 11.3 Å². The summed E-state index contributed by atoms with van der Waals surface area (Å²) >= 11 is 6.12. The summed E-state index contributed by atoms with van der Waals surface area (Å²) in [6, 6.07) is 17.1. The predicted molar refractivity (Wildman–Crippen MR) is 82.3 cm³/mol. The molecule has 108 valence electrons. The van der Waals surface area contributed by atoms with Gasteiger partial charge in [0.15, 0.2) is 5.69 Å². The van der Waals surface area contributed by atoms with Gasteiger partial charge in [-0.25, -0.2) is 5.10 Å². The fourth-order valence-corrected chi connectivity index (χ4v) is 2.26. The standard InChI is InChI=1S/C16H11ClN4O/c17-13-6-12(16-15(9-18)19-21-20-16)7-14(8-13)22-10-11-4-2-1-3-5-11/h1-8H,10H2,(H,19,20,21). The van der Waals surface area contributed by atoms with Crippen LogP contribution in [0.4, 0.5) is 0 Å². The number of nitrogens with one attached hydrogen (secondary N) is 1. The lowest BCUT2D eigenvalue weighted by Gasteiger charge is -2.08. The molecular weight excluding hydrogens is 300 g/mol. The Hall–Kier alpha value is -2.84. The Labute approximate surface area is 132 Å². The highest BCUT2D eigenvalue weighted by molar-refractivity contribution is 6.31. The van der Waals surface area contributed by atoms with Crippen LogP contribution in [-0.4, -0.2) is 15.4 Å². The lowest BCUT2D eigenvalue weighted by Crippen LogP contribution is -1.95. The first-order valence-corrected chi connectivity index (χ1v) is 6.93. The normalized spacial score (nSPS) is 10.2. The number of aromatic nitrogens is 3. The van der Waals surface area contributed by atoms with Crippen LogP contribution in [-0.2, 0) is 6.61 Å². The quantitative estimate of drug-likeness (QED) is 0.799. The Kier molecular flexibility index (Phi) is 4.03. The molecule has 0 atom stereocenters. The maximum Gasteiger partial charge on any atom is 0.163 e. The molecule has 0 bridgehead atoms.